The number of benzene rings is 2. The molecule has 0 saturated heterocycles. The summed E-state index contributed by atoms with van der Waals surface area (Å²) in [7, 11) is -7.70. The van der Waals surface area contributed by atoms with Crippen molar-refractivity contribution in [1.29, 1.82) is 0 Å². The molecule has 0 aliphatic rings. The molecule has 0 aliphatic heterocycles. The lowest BCUT2D eigenvalue weighted by atomic mass is 10.3. The molecule has 0 saturated carbocycles. The quantitative estimate of drug-likeness (QED) is 0.533. The van der Waals surface area contributed by atoms with Gasteiger partial charge in [-0.25, -0.2) is 13.1 Å². The molecule has 0 fully saturated rings. The largest absolute Gasteiger partial charge is 0.508 e. The molecule has 2 aromatic carbocycles. The monoisotopic (exact) mass is 385 g/mol. The Morgan fingerprint density at radius 2 is 1.48 bits per heavy atom. The predicted molar refractivity (Wildman–Crippen MR) is 92.5 cm³/mol. The van der Waals surface area contributed by atoms with Gasteiger partial charge in [0.25, 0.3) is 0 Å². The zero-order valence-electron chi connectivity index (χ0n) is 13.5. The van der Waals surface area contributed by atoms with Gasteiger partial charge in [-0.2, -0.15) is 8.42 Å². The minimum atomic E-state index is -4.07. The Bertz CT molecular complexity index is 904. The van der Waals surface area contributed by atoms with Crippen LogP contribution in [0.4, 0.5) is 0 Å². The Morgan fingerprint density at radius 1 is 0.920 bits per heavy atom. The van der Waals surface area contributed by atoms with E-state index >= 15 is 0 Å². The van der Waals surface area contributed by atoms with Crippen LogP contribution in [0.5, 0.6) is 11.5 Å². The van der Waals surface area contributed by atoms with Gasteiger partial charge in [-0.3, -0.25) is 0 Å². The van der Waals surface area contributed by atoms with E-state index in [4.69, 9.17) is 4.18 Å². The Labute approximate surface area is 147 Å². The molecule has 2 aromatic rings. The molecule has 0 bridgehead atoms. The molecular formula is C16H19NO6S2. The average Bonchev–Trinajstić information content (AvgIpc) is 2.55. The molecule has 0 atom stereocenters. The lowest BCUT2D eigenvalue weighted by molar-refractivity contribution is 0.473. The average molecular weight is 385 g/mol. The van der Waals surface area contributed by atoms with Crippen LogP contribution in [-0.4, -0.2) is 28.5 Å². The van der Waals surface area contributed by atoms with Crippen LogP contribution in [0.15, 0.2) is 58.3 Å². The predicted octanol–water partition coefficient (Wildman–Crippen LogP) is 2.24. The highest BCUT2D eigenvalue weighted by molar-refractivity contribution is 7.89. The van der Waals surface area contributed by atoms with Crippen molar-refractivity contribution in [3.63, 3.8) is 0 Å². The second kappa shape index (κ2) is 7.85. The molecule has 2 rings (SSSR count). The summed E-state index contributed by atoms with van der Waals surface area (Å²) in [6.07, 6.45) is 1.59. The molecule has 2 N–H and O–H groups in total. The van der Waals surface area contributed by atoms with Crippen LogP contribution in [0.2, 0.25) is 0 Å². The summed E-state index contributed by atoms with van der Waals surface area (Å²) in [6.45, 7) is 2.29. The van der Waals surface area contributed by atoms with Gasteiger partial charge in [-0.1, -0.05) is 13.3 Å². The first-order chi connectivity index (χ1) is 11.7. The zero-order valence-corrected chi connectivity index (χ0v) is 15.2. The summed E-state index contributed by atoms with van der Waals surface area (Å²) in [6, 6.07) is 9.97. The number of hydrogen-bond donors (Lipinski definition) is 2. The lowest BCUT2D eigenvalue weighted by Crippen LogP contribution is -2.24. The van der Waals surface area contributed by atoms with E-state index in [0.29, 0.717) is 6.54 Å². The smallest absolute Gasteiger partial charge is 0.339 e. The Balaban J connectivity index is 2.13. The van der Waals surface area contributed by atoms with Gasteiger partial charge in [0, 0.05) is 6.54 Å². The minimum Gasteiger partial charge on any atom is -0.508 e. The lowest BCUT2D eigenvalue weighted by Gasteiger charge is -2.09. The second-order valence-corrected chi connectivity index (χ2v) is 8.57. The zero-order chi connectivity index (χ0) is 18.5. The van der Waals surface area contributed by atoms with Gasteiger partial charge in [-0.05, 0) is 55.0 Å². The normalized spacial score (nSPS) is 12.0. The molecular weight excluding hydrogens is 366 g/mol. The van der Waals surface area contributed by atoms with Crippen LogP contribution in [0, 0.1) is 0 Å². The molecule has 0 amide bonds. The highest BCUT2D eigenvalue weighted by Gasteiger charge is 2.18. The third kappa shape index (κ3) is 5.18. The molecule has 9 heteroatoms. The van der Waals surface area contributed by atoms with Gasteiger partial charge in [0.2, 0.25) is 10.0 Å². The van der Waals surface area contributed by atoms with Gasteiger partial charge < -0.3 is 9.29 Å². The third-order valence-corrected chi connectivity index (χ3v) is 6.03. The molecule has 0 spiro atoms. The number of sulfonamides is 1. The van der Waals surface area contributed by atoms with Gasteiger partial charge in [-0.15, -0.1) is 0 Å². The maximum absolute atomic E-state index is 12.1. The van der Waals surface area contributed by atoms with E-state index in [1.165, 1.54) is 48.5 Å². The number of unbranched alkanes of at least 4 members (excludes halogenated alkanes) is 1. The van der Waals surface area contributed by atoms with E-state index in [9.17, 15) is 21.9 Å². The minimum absolute atomic E-state index is 0.0133. The summed E-state index contributed by atoms with van der Waals surface area (Å²) in [5.74, 6) is -0.0790. The molecule has 0 aliphatic carbocycles. The van der Waals surface area contributed by atoms with Crippen molar-refractivity contribution < 1.29 is 26.1 Å². The molecule has 25 heavy (non-hydrogen) atoms. The van der Waals surface area contributed by atoms with Crippen LogP contribution in [0.25, 0.3) is 0 Å². The molecule has 136 valence electrons. The first-order valence-corrected chi connectivity index (χ1v) is 10.5. The van der Waals surface area contributed by atoms with Crippen molar-refractivity contribution in [3.05, 3.63) is 48.5 Å². The summed E-state index contributed by atoms with van der Waals surface area (Å²) in [5.41, 5.74) is 0. The standard InChI is InChI=1S/C16H19NO6S2/c1-2-3-12-17-24(19,20)15-10-6-14(7-11-15)23-25(21,22)16-8-4-13(18)5-9-16/h4-11,17-18H,2-3,12H2,1H3. The highest BCUT2D eigenvalue weighted by Crippen LogP contribution is 2.22. The summed E-state index contributed by atoms with van der Waals surface area (Å²) in [5, 5.41) is 9.20. The van der Waals surface area contributed by atoms with Crippen molar-refractivity contribution in [1.82, 2.24) is 4.72 Å². The number of rotatable bonds is 8. The maximum atomic E-state index is 12.1. The molecule has 0 radical (unpaired) electrons. The number of hydrogen-bond acceptors (Lipinski definition) is 6. The fourth-order valence-corrected chi connectivity index (χ4v) is 3.93. The molecule has 0 aromatic heterocycles. The topological polar surface area (TPSA) is 110 Å². The van der Waals surface area contributed by atoms with Crippen molar-refractivity contribution in [2.45, 2.75) is 29.6 Å². The number of aromatic hydroxyl groups is 1. The fourth-order valence-electron chi connectivity index (χ4n) is 1.93. The summed E-state index contributed by atoms with van der Waals surface area (Å²) >= 11 is 0. The van der Waals surface area contributed by atoms with Crippen LogP contribution < -0.4 is 8.91 Å². The molecule has 7 nitrogen and oxygen atoms in total. The number of nitrogens with one attached hydrogen (secondary N) is 1. The van der Waals surface area contributed by atoms with E-state index in [1.54, 1.807) is 0 Å². The van der Waals surface area contributed by atoms with E-state index in [-0.39, 0.29) is 21.3 Å². The van der Waals surface area contributed by atoms with Crippen LogP contribution >= 0.6 is 0 Å². The molecule has 0 unspecified atom stereocenters. The van der Waals surface area contributed by atoms with Crippen molar-refractivity contribution >= 4 is 20.1 Å². The van der Waals surface area contributed by atoms with Crippen molar-refractivity contribution in [2.75, 3.05) is 6.54 Å². The van der Waals surface area contributed by atoms with E-state index in [0.717, 1.165) is 12.8 Å². The van der Waals surface area contributed by atoms with Gasteiger partial charge in [0.05, 0.1) is 4.90 Å². The van der Waals surface area contributed by atoms with Crippen molar-refractivity contribution in [3.8, 4) is 11.5 Å². The first kappa shape index (κ1) is 19.2. The number of phenols is 1. The Morgan fingerprint density at radius 3 is 2.04 bits per heavy atom. The van der Waals surface area contributed by atoms with Crippen molar-refractivity contribution in [2.24, 2.45) is 0 Å². The number of phenolic OH excluding ortho intramolecular Hbond substituents is 1. The first-order valence-electron chi connectivity index (χ1n) is 7.58. The Hall–Kier alpha value is -2.10. The van der Waals surface area contributed by atoms with Gasteiger partial charge >= 0.3 is 10.1 Å². The molecule has 0 heterocycles. The van der Waals surface area contributed by atoms with Crippen LogP contribution in [-0.2, 0) is 20.1 Å². The third-order valence-electron chi connectivity index (χ3n) is 3.29. The van der Waals surface area contributed by atoms with E-state index < -0.39 is 20.1 Å². The van der Waals surface area contributed by atoms with E-state index in [2.05, 4.69) is 4.72 Å². The fraction of sp³-hybridized carbons (Fsp3) is 0.250. The second-order valence-electron chi connectivity index (χ2n) is 5.25. The summed E-state index contributed by atoms with van der Waals surface area (Å²) < 4.78 is 55.8. The maximum Gasteiger partial charge on any atom is 0.339 e. The van der Waals surface area contributed by atoms with Gasteiger partial charge in [0.15, 0.2) is 0 Å². The van der Waals surface area contributed by atoms with Crippen LogP contribution in [0.3, 0.4) is 0 Å². The van der Waals surface area contributed by atoms with Crippen LogP contribution in [0.1, 0.15) is 19.8 Å². The van der Waals surface area contributed by atoms with Gasteiger partial charge in [0.1, 0.15) is 16.4 Å². The van der Waals surface area contributed by atoms with E-state index in [1.807, 2.05) is 6.92 Å². The Kier molecular flexibility index (Phi) is 6.04. The summed E-state index contributed by atoms with van der Waals surface area (Å²) in [4.78, 5) is -0.0961. The highest BCUT2D eigenvalue weighted by atomic mass is 32.2. The SMILES string of the molecule is CCCCNS(=O)(=O)c1ccc(OS(=O)(=O)c2ccc(O)cc2)cc1.